The Bertz CT molecular complexity index is 646. The van der Waals surface area contributed by atoms with Crippen LogP contribution in [-0.4, -0.2) is 27.5 Å². The number of nitrogens with one attached hydrogen (secondary N) is 1. The fourth-order valence-corrected chi connectivity index (χ4v) is 2.92. The van der Waals surface area contributed by atoms with Crippen LogP contribution in [0, 0.1) is 0 Å². The number of alkyl halides is 2. The third-order valence-corrected chi connectivity index (χ3v) is 4.46. The van der Waals surface area contributed by atoms with Crippen molar-refractivity contribution in [1.29, 1.82) is 0 Å². The molecule has 0 saturated heterocycles. The van der Waals surface area contributed by atoms with Gasteiger partial charge in [0.2, 0.25) is 0 Å². The van der Waals surface area contributed by atoms with Crippen LogP contribution in [0.1, 0.15) is 30.2 Å². The molecule has 0 aliphatic carbocycles. The van der Waals surface area contributed by atoms with Gasteiger partial charge in [-0.25, -0.2) is 9.78 Å². The van der Waals surface area contributed by atoms with Gasteiger partial charge in [0.1, 0.15) is 5.82 Å². The van der Waals surface area contributed by atoms with Crippen molar-refractivity contribution >= 4 is 29.0 Å². The third-order valence-electron chi connectivity index (χ3n) is 3.05. The summed E-state index contributed by atoms with van der Waals surface area (Å²) < 4.78 is 26.8. The Kier molecular flexibility index (Phi) is 5.36. The molecular weight excluding hydrogens is 334 g/mol. The average Bonchev–Trinajstić information content (AvgIpc) is 3.07. The first-order chi connectivity index (χ1) is 10.4. The zero-order valence-corrected chi connectivity index (χ0v) is 13.5. The molecule has 0 bridgehead atoms. The largest absolute Gasteiger partial charge is 0.331 e. The number of halogens is 3. The average molecular weight is 349 g/mol. The lowest BCUT2D eigenvalue weighted by Crippen LogP contribution is -2.38. The molecule has 5 nitrogen and oxygen atoms in total. The van der Waals surface area contributed by atoms with Crippen molar-refractivity contribution in [1.82, 2.24) is 19.8 Å². The monoisotopic (exact) mass is 348 g/mol. The summed E-state index contributed by atoms with van der Waals surface area (Å²) in [5.41, 5.74) is 0. The number of nitrogens with zero attached hydrogens (tertiary/aromatic N) is 3. The van der Waals surface area contributed by atoms with Gasteiger partial charge in [0.15, 0.2) is 0 Å². The minimum Gasteiger partial charge on any atom is -0.331 e. The maximum Gasteiger partial charge on any atom is 0.319 e. The number of hydrogen-bond donors (Lipinski definition) is 1. The number of imidazole rings is 1. The van der Waals surface area contributed by atoms with E-state index in [0.717, 1.165) is 9.44 Å². The van der Waals surface area contributed by atoms with Gasteiger partial charge in [0, 0.05) is 24.3 Å². The van der Waals surface area contributed by atoms with Gasteiger partial charge in [0.25, 0.3) is 0 Å². The van der Waals surface area contributed by atoms with Gasteiger partial charge in [-0.3, -0.25) is 4.57 Å². The summed E-state index contributed by atoms with van der Waals surface area (Å²) in [7, 11) is 1.52. The molecule has 1 atom stereocenters. The van der Waals surface area contributed by atoms with Crippen LogP contribution in [-0.2, 0) is 6.54 Å². The number of amides is 2. The first-order valence-corrected chi connectivity index (χ1v) is 7.64. The molecule has 2 heterocycles. The fourth-order valence-electron chi connectivity index (χ4n) is 1.86. The van der Waals surface area contributed by atoms with Gasteiger partial charge >= 0.3 is 12.6 Å². The number of hydrogen-bond acceptors (Lipinski definition) is 3. The lowest BCUT2D eigenvalue weighted by Gasteiger charge is -2.21. The SMILES string of the molecule is CC(NC(=O)N(C)Cc1nccn1C(F)F)c1ccc(Cl)s1. The lowest BCUT2D eigenvalue weighted by molar-refractivity contribution is 0.0650. The Morgan fingerprint density at radius 3 is 2.86 bits per heavy atom. The second-order valence-electron chi connectivity index (χ2n) is 4.70. The van der Waals surface area contributed by atoms with Crippen molar-refractivity contribution in [3.8, 4) is 0 Å². The van der Waals surface area contributed by atoms with Gasteiger partial charge < -0.3 is 10.2 Å². The van der Waals surface area contributed by atoms with Crippen molar-refractivity contribution in [2.75, 3.05) is 7.05 Å². The minimum atomic E-state index is -2.68. The molecule has 120 valence electrons. The number of thiophene rings is 1. The van der Waals surface area contributed by atoms with E-state index in [4.69, 9.17) is 11.6 Å². The van der Waals surface area contributed by atoms with E-state index in [-0.39, 0.29) is 24.4 Å². The van der Waals surface area contributed by atoms with Crippen molar-refractivity contribution < 1.29 is 13.6 Å². The third kappa shape index (κ3) is 3.95. The van der Waals surface area contributed by atoms with E-state index in [9.17, 15) is 13.6 Å². The summed E-state index contributed by atoms with van der Waals surface area (Å²) in [5, 5.41) is 2.78. The van der Waals surface area contributed by atoms with Gasteiger partial charge in [-0.2, -0.15) is 8.78 Å². The fraction of sp³-hybridized carbons (Fsp3) is 0.385. The minimum absolute atomic E-state index is 0.0128. The van der Waals surface area contributed by atoms with E-state index in [1.165, 1.54) is 35.7 Å². The van der Waals surface area contributed by atoms with E-state index >= 15 is 0 Å². The molecule has 2 amide bonds. The Morgan fingerprint density at radius 2 is 2.27 bits per heavy atom. The van der Waals surface area contributed by atoms with Gasteiger partial charge in [-0.15, -0.1) is 11.3 Å². The standard InChI is InChI=1S/C13H15ClF2N4OS/c1-8(9-3-4-10(14)22-9)18-13(21)19(2)7-11-17-5-6-20(11)12(15)16/h3-6,8,12H,7H2,1-2H3,(H,18,21). The first kappa shape index (κ1) is 16.7. The molecule has 0 aliphatic heterocycles. The second kappa shape index (κ2) is 7.06. The number of rotatable bonds is 5. The zero-order valence-electron chi connectivity index (χ0n) is 12.0. The maximum absolute atomic E-state index is 12.7. The van der Waals surface area contributed by atoms with Crippen LogP contribution in [0.3, 0.4) is 0 Å². The molecule has 0 aromatic carbocycles. The Labute approximate surface area is 135 Å². The normalized spacial score (nSPS) is 12.5. The van der Waals surface area contributed by atoms with E-state index in [0.29, 0.717) is 4.34 Å². The van der Waals surface area contributed by atoms with E-state index in [1.54, 1.807) is 6.07 Å². The molecule has 22 heavy (non-hydrogen) atoms. The molecule has 1 N–H and O–H groups in total. The van der Waals surface area contributed by atoms with Crippen molar-refractivity contribution in [2.24, 2.45) is 0 Å². The van der Waals surface area contributed by atoms with Crippen LogP contribution in [0.2, 0.25) is 4.34 Å². The molecule has 1 unspecified atom stereocenters. The number of urea groups is 1. The topological polar surface area (TPSA) is 50.2 Å². The molecule has 0 fully saturated rings. The van der Waals surface area contributed by atoms with Crippen molar-refractivity contribution in [3.63, 3.8) is 0 Å². The maximum atomic E-state index is 12.7. The number of carbonyl (C=O) groups is 1. The molecule has 2 rings (SSSR count). The van der Waals surface area contributed by atoms with E-state index in [1.807, 2.05) is 13.0 Å². The predicted octanol–water partition coefficient (Wildman–Crippen LogP) is 3.90. The Morgan fingerprint density at radius 1 is 1.55 bits per heavy atom. The summed E-state index contributed by atoms with van der Waals surface area (Å²) in [6, 6.07) is 3.00. The molecular formula is C13H15ClF2N4OS. The van der Waals surface area contributed by atoms with Crippen LogP contribution in [0.5, 0.6) is 0 Å². The first-order valence-electron chi connectivity index (χ1n) is 6.45. The van der Waals surface area contributed by atoms with Gasteiger partial charge in [-0.05, 0) is 19.1 Å². The zero-order chi connectivity index (χ0) is 16.3. The molecule has 0 aliphatic rings. The highest BCUT2D eigenvalue weighted by Crippen LogP contribution is 2.26. The highest BCUT2D eigenvalue weighted by Gasteiger charge is 2.18. The summed E-state index contributed by atoms with van der Waals surface area (Å²) in [6.45, 7) is -0.865. The Balaban J connectivity index is 1.96. The summed E-state index contributed by atoms with van der Waals surface area (Å²) >= 11 is 7.24. The van der Waals surface area contributed by atoms with Crippen LogP contribution in [0.4, 0.5) is 13.6 Å². The molecule has 0 spiro atoms. The van der Waals surface area contributed by atoms with Crippen LogP contribution < -0.4 is 5.32 Å². The molecule has 0 saturated carbocycles. The van der Waals surface area contributed by atoms with Crippen molar-refractivity contribution in [3.05, 3.63) is 39.6 Å². The smallest absolute Gasteiger partial charge is 0.319 e. The molecule has 2 aromatic heterocycles. The predicted molar refractivity (Wildman–Crippen MR) is 81.2 cm³/mol. The van der Waals surface area contributed by atoms with Crippen molar-refractivity contribution in [2.45, 2.75) is 26.1 Å². The summed E-state index contributed by atoms with van der Waals surface area (Å²) in [5.74, 6) is 0.125. The highest BCUT2D eigenvalue weighted by molar-refractivity contribution is 7.16. The molecule has 0 radical (unpaired) electrons. The lowest BCUT2D eigenvalue weighted by atomic mass is 10.3. The van der Waals surface area contributed by atoms with Crippen LogP contribution >= 0.6 is 22.9 Å². The number of carbonyl (C=O) groups excluding carboxylic acids is 1. The van der Waals surface area contributed by atoms with E-state index in [2.05, 4.69) is 10.3 Å². The number of aromatic nitrogens is 2. The molecule has 9 heteroatoms. The molecule has 2 aromatic rings. The quantitative estimate of drug-likeness (QED) is 0.891. The van der Waals surface area contributed by atoms with E-state index < -0.39 is 6.55 Å². The second-order valence-corrected chi connectivity index (χ2v) is 6.44. The highest BCUT2D eigenvalue weighted by atomic mass is 35.5. The van der Waals surface area contributed by atoms with Crippen LogP contribution in [0.15, 0.2) is 24.5 Å². The summed E-state index contributed by atoms with van der Waals surface area (Å²) in [6.07, 6.45) is 2.46. The van der Waals surface area contributed by atoms with Crippen LogP contribution in [0.25, 0.3) is 0 Å². The van der Waals surface area contributed by atoms with Gasteiger partial charge in [0.05, 0.1) is 16.9 Å². The van der Waals surface area contributed by atoms with Gasteiger partial charge in [-0.1, -0.05) is 11.6 Å². The Hall–Kier alpha value is -1.67. The summed E-state index contributed by atoms with van der Waals surface area (Å²) in [4.78, 5) is 18.2.